The summed E-state index contributed by atoms with van der Waals surface area (Å²) in [5.41, 5.74) is 3.65. The van der Waals surface area contributed by atoms with E-state index in [1.165, 1.54) is 11.8 Å². The van der Waals surface area contributed by atoms with E-state index in [4.69, 9.17) is 0 Å². The summed E-state index contributed by atoms with van der Waals surface area (Å²) in [6.07, 6.45) is 1.25. The van der Waals surface area contributed by atoms with Crippen molar-refractivity contribution in [2.45, 2.75) is 18.0 Å². The Balaban J connectivity index is 1.39. The number of aryl methyl sites for hydroxylation is 1. The Morgan fingerprint density at radius 3 is 2.50 bits per heavy atom. The number of carbonyl (C=O) groups excluding carboxylic acids is 1. The highest BCUT2D eigenvalue weighted by Crippen LogP contribution is 2.34. The van der Waals surface area contributed by atoms with Gasteiger partial charge in [-0.3, -0.25) is 4.79 Å². The number of hydrogen-bond donors (Lipinski definition) is 0. The minimum Gasteiger partial charge on any atom is -0.343 e. The summed E-state index contributed by atoms with van der Waals surface area (Å²) in [5.74, 6) is 1.57. The SMILES string of the molecule is Cn1c(CC2CCS(=O)(=O)C2)nnc1SCC(=O)c1c(-c2ccccc2)n(C)c2ccccc12. The summed E-state index contributed by atoms with van der Waals surface area (Å²) in [6.45, 7) is 0. The van der Waals surface area contributed by atoms with Crippen LogP contribution in [0, 0.1) is 5.92 Å². The van der Waals surface area contributed by atoms with Crippen LogP contribution in [0.5, 0.6) is 0 Å². The van der Waals surface area contributed by atoms with E-state index in [2.05, 4.69) is 14.8 Å². The van der Waals surface area contributed by atoms with Crippen LogP contribution in [0.2, 0.25) is 0 Å². The number of aromatic nitrogens is 4. The first-order valence-corrected chi connectivity index (χ1v) is 14.0. The molecule has 0 spiro atoms. The van der Waals surface area contributed by atoms with Crippen LogP contribution in [-0.4, -0.2) is 50.8 Å². The monoisotopic (exact) mass is 494 g/mol. The first-order valence-electron chi connectivity index (χ1n) is 11.2. The van der Waals surface area contributed by atoms with Gasteiger partial charge in [0.05, 0.1) is 28.5 Å². The molecule has 9 heteroatoms. The van der Waals surface area contributed by atoms with E-state index in [1.54, 1.807) is 0 Å². The number of para-hydroxylation sites is 1. The molecule has 0 saturated carbocycles. The van der Waals surface area contributed by atoms with Crippen LogP contribution < -0.4 is 0 Å². The molecule has 5 rings (SSSR count). The number of ketones is 1. The number of benzene rings is 2. The molecular weight excluding hydrogens is 468 g/mol. The summed E-state index contributed by atoms with van der Waals surface area (Å²) in [6, 6.07) is 17.9. The van der Waals surface area contributed by atoms with Gasteiger partial charge in [-0.15, -0.1) is 10.2 Å². The van der Waals surface area contributed by atoms with Gasteiger partial charge < -0.3 is 9.13 Å². The zero-order valence-corrected chi connectivity index (χ0v) is 20.8. The molecular formula is C25H26N4O3S2. The van der Waals surface area contributed by atoms with E-state index in [0.717, 1.165) is 33.5 Å². The van der Waals surface area contributed by atoms with E-state index in [0.29, 0.717) is 18.0 Å². The molecule has 7 nitrogen and oxygen atoms in total. The smallest absolute Gasteiger partial charge is 0.191 e. The second-order valence-corrected chi connectivity index (χ2v) is 12.0. The lowest BCUT2D eigenvalue weighted by Crippen LogP contribution is -2.11. The molecule has 3 heterocycles. The summed E-state index contributed by atoms with van der Waals surface area (Å²) in [4.78, 5) is 13.5. The van der Waals surface area contributed by atoms with Gasteiger partial charge >= 0.3 is 0 Å². The third-order valence-electron chi connectivity index (χ3n) is 6.49. The normalized spacial score (nSPS) is 17.4. The van der Waals surface area contributed by atoms with Gasteiger partial charge in [0.25, 0.3) is 0 Å². The number of hydrogen-bond acceptors (Lipinski definition) is 6. The van der Waals surface area contributed by atoms with Gasteiger partial charge in [0.1, 0.15) is 5.82 Å². The highest BCUT2D eigenvalue weighted by Gasteiger charge is 2.29. The molecule has 0 radical (unpaired) electrons. The average molecular weight is 495 g/mol. The fourth-order valence-corrected chi connectivity index (χ4v) is 7.42. The van der Waals surface area contributed by atoms with E-state index in [9.17, 15) is 13.2 Å². The molecule has 176 valence electrons. The highest BCUT2D eigenvalue weighted by atomic mass is 32.2. The molecule has 2 aromatic carbocycles. The average Bonchev–Trinajstić information content (AvgIpc) is 3.46. The molecule has 1 saturated heterocycles. The number of carbonyl (C=O) groups is 1. The Morgan fingerprint density at radius 1 is 1.03 bits per heavy atom. The maximum absolute atomic E-state index is 13.5. The van der Waals surface area contributed by atoms with Crippen molar-refractivity contribution < 1.29 is 13.2 Å². The number of fused-ring (bicyclic) bond motifs is 1. The lowest BCUT2D eigenvalue weighted by atomic mass is 10.0. The molecule has 1 fully saturated rings. The van der Waals surface area contributed by atoms with Crippen molar-refractivity contribution in [3.63, 3.8) is 0 Å². The Labute approximate surface area is 203 Å². The second-order valence-electron chi connectivity index (χ2n) is 8.81. The summed E-state index contributed by atoms with van der Waals surface area (Å²) in [5, 5.41) is 10.2. The highest BCUT2D eigenvalue weighted by molar-refractivity contribution is 7.99. The van der Waals surface area contributed by atoms with Gasteiger partial charge in [0.2, 0.25) is 0 Å². The summed E-state index contributed by atoms with van der Waals surface area (Å²) < 4.78 is 27.5. The zero-order valence-electron chi connectivity index (χ0n) is 19.1. The molecule has 34 heavy (non-hydrogen) atoms. The molecule has 0 bridgehead atoms. The second kappa shape index (κ2) is 9.03. The van der Waals surface area contributed by atoms with Crippen molar-refractivity contribution in [2.24, 2.45) is 20.0 Å². The molecule has 1 aliphatic heterocycles. The van der Waals surface area contributed by atoms with Crippen LogP contribution >= 0.6 is 11.8 Å². The van der Waals surface area contributed by atoms with Crippen LogP contribution in [0.3, 0.4) is 0 Å². The van der Waals surface area contributed by atoms with Crippen molar-refractivity contribution in [3.8, 4) is 11.3 Å². The Kier molecular flexibility index (Phi) is 6.07. The Bertz CT molecular complexity index is 1470. The molecule has 1 unspecified atom stereocenters. The lowest BCUT2D eigenvalue weighted by Gasteiger charge is -2.09. The number of Topliss-reactive ketones (excluding diaryl/α,β-unsaturated/α-hetero) is 1. The summed E-state index contributed by atoms with van der Waals surface area (Å²) in [7, 11) is 0.941. The van der Waals surface area contributed by atoms with Gasteiger partial charge in [-0.2, -0.15) is 0 Å². The lowest BCUT2D eigenvalue weighted by molar-refractivity contribution is 0.102. The predicted molar refractivity (Wildman–Crippen MR) is 135 cm³/mol. The van der Waals surface area contributed by atoms with Crippen molar-refractivity contribution in [3.05, 3.63) is 66.0 Å². The molecule has 4 aromatic rings. The molecule has 0 aliphatic carbocycles. The predicted octanol–water partition coefficient (Wildman–Crippen LogP) is 3.93. The van der Waals surface area contributed by atoms with Crippen molar-refractivity contribution in [1.82, 2.24) is 19.3 Å². The fraction of sp³-hybridized carbons (Fsp3) is 0.320. The number of rotatable bonds is 7. The van der Waals surface area contributed by atoms with Crippen molar-refractivity contribution in [2.75, 3.05) is 17.3 Å². The molecule has 0 N–H and O–H groups in total. The maximum Gasteiger partial charge on any atom is 0.191 e. The summed E-state index contributed by atoms with van der Waals surface area (Å²) >= 11 is 1.36. The fourth-order valence-electron chi connectivity index (χ4n) is 4.75. The van der Waals surface area contributed by atoms with Gasteiger partial charge in [-0.05, 0) is 24.0 Å². The first-order chi connectivity index (χ1) is 16.3. The van der Waals surface area contributed by atoms with E-state index < -0.39 is 9.84 Å². The van der Waals surface area contributed by atoms with Gasteiger partial charge in [-0.25, -0.2) is 8.42 Å². The number of sulfone groups is 1. The molecule has 1 atom stereocenters. The Hall–Kier alpha value is -2.91. The Morgan fingerprint density at radius 2 is 1.76 bits per heavy atom. The number of thioether (sulfide) groups is 1. The van der Waals surface area contributed by atoms with Crippen LogP contribution in [0.1, 0.15) is 22.6 Å². The topological polar surface area (TPSA) is 86.8 Å². The van der Waals surface area contributed by atoms with Gasteiger partial charge in [0, 0.05) is 31.4 Å². The van der Waals surface area contributed by atoms with Crippen molar-refractivity contribution >= 4 is 38.3 Å². The van der Waals surface area contributed by atoms with Crippen LogP contribution in [0.4, 0.5) is 0 Å². The molecule has 1 aliphatic rings. The minimum absolute atomic E-state index is 0.0343. The van der Waals surface area contributed by atoms with E-state index in [-0.39, 0.29) is 29.0 Å². The maximum atomic E-state index is 13.5. The van der Waals surface area contributed by atoms with E-state index >= 15 is 0 Å². The van der Waals surface area contributed by atoms with Crippen LogP contribution in [-0.2, 0) is 30.4 Å². The van der Waals surface area contributed by atoms with Gasteiger partial charge in [-0.1, -0.05) is 60.3 Å². The standard InChI is InChI=1S/C25H26N4O3S2/c1-28-20-11-7-6-10-19(20)23(24(28)18-8-4-3-5-9-18)21(30)15-33-25-27-26-22(29(25)2)14-17-12-13-34(31,32)16-17/h3-11,17H,12-16H2,1-2H3. The van der Waals surface area contributed by atoms with E-state index in [1.807, 2.05) is 73.3 Å². The molecule has 2 aromatic heterocycles. The van der Waals surface area contributed by atoms with Crippen LogP contribution in [0.15, 0.2) is 59.8 Å². The first kappa shape index (κ1) is 22.9. The van der Waals surface area contributed by atoms with Gasteiger partial charge in [0.15, 0.2) is 20.8 Å². The zero-order chi connectivity index (χ0) is 23.9. The largest absolute Gasteiger partial charge is 0.343 e. The minimum atomic E-state index is -2.93. The third kappa shape index (κ3) is 4.30. The quantitative estimate of drug-likeness (QED) is 0.286. The van der Waals surface area contributed by atoms with Crippen LogP contribution in [0.25, 0.3) is 22.2 Å². The number of nitrogens with zero attached hydrogens (tertiary/aromatic N) is 4. The van der Waals surface area contributed by atoms with Crippen molar-refractivity contribution in [1.29, 1.82) is 0 Å². The molecule has 0 amide bonds. The third-order valence-corrected chi connectivity index (χ3v) is 9.35.